The van der Waals surface area contributed by atoms with E-state index >= 15 is 0 Å². The first-order valence-corrected chi connectivity index (χ1v) is 7.96. The molecule has 1 unspecified atom stereocenters. The fraction of sp³-hybridized carbons (Fsp3) is 0.158. The molecule has 0 spiro atoms. The number of nitrogens with zero attached hydrogens (tertiary/aromatic N) is 1. The largest absolute Gasteiger partial charge is 0.481 e. The van der Waals surface area contributed by atoms with Gasteiger partial charge in [0.15, 0.2) is 0 Å². The standard InChI is InChI=1S/C19H15ClN2O3/c1-19(18(23)24)11-5-4-8-17(19)22-21-12-13-9-10-16(25-13)14-6-2-3-7-15(14)20/h2-3,5-7,9-10,12,22H,11H2,1H3,(H,23,24)/b21-12+. The smallest absolute Gasteiger partial charge is 0.316 e. The predicted molar refractivity (Wildman–Crippen MR) is 95.4 cm³/mol. The van der Waals surface area contributed by atoms with Crippen molar-refractivity contribution in [3.05, 3.63) is 70.4 Å². The monoisotopic (exact) mass is 354 g/mol. The van der Waals surface area contributed by atoms with E-state index in [0.717, 1.165) is 5.56 Å². The van der Waals surface area contributed by atoms with Crippen LogP contribution >= 0.6 is 11.6 Å². The lowest BCUT2D eigenvalue weighted by Gasteiger charge is -2.25. The highest BCUT2D eigenvalue weighted by molar-refractivity contribution is 6.33. The third kappa shape index (κ3) is 3.44. The first-order valence-electron chi connectivity index (χ1n) is 7.58. The molecule has 0 bridgehead atoms. The van der Waals surface area contributed by atoms with Crippen LogP contribution in [-0.2, 0) is 4.79 Å². The Balaban J connectivity index is 1.76. The summed E-state index contributed by atoms with van der Waals surface area (Å²) in [5.41, 5.74) is 8.31. The number of carbonyl (C=O) groups is 1. The first-order chi connectivity index (χ1) is 12.0. The summed E-state index contributed by atoms with van der Waals surface area (Å²) in [6.45, 7) is 1.61. The Bertz CT molecular complexity index is 947. The van der Waals surface area contributed by atoms with Crippen LogP contribution in [0.4, 0.5) is 0 Å². The number of hydrogen-bond donors (Lipinski definition) is 2. The van der Waals surface area contributed by atoms with Crippen LogP contribution in [-0.4, -0.2) is 17.3 Å². The fourth-order valence-electron chi connectivity index (χ4n) is 2.35. The molecule has 2 aromatic rings. The molecule has 1 aromatic heterocycles. The third-order valence-corrected chi connectivity index (χ3v) is 4.30. The van der Waals surface area contributed by atoms with Gasteiger partial charge in [0, 0.05) is 5.56 Å². The molecule has 1 atom stereocenters. The number of rotatable bonds is 5. The average Bonchev–Trinajstić information content (AvgIpc) is 3.05. The lowest BCUT2D eigenvalue weighted by Crippen LogP contribution is -2.34. The second-order valence-corrected chi connectivity index (χ2v) is 6.15. The van der Waals surface area contributed by atoms with Gasteiger partial charge in [-0.05, 0) is 49.4 Å². The number of halogens is 1. The second kappa shape index (κ2) is 6.88. The normalized spacial score (nSPS) is 19.2. The van der Waals surface area contributed by atoms with Crippen molar-refractivity contribution >= 4 is 23.8 Å². The van der Waals surface area contributed by atoms with Crippen LogP contribution in [0.2, 0.25) is 5.02 Å². The Morgan fingerprint density at radius 2 is 2.20 bits per heavy atom. The van der Waals surface area contributed by atoms with E-state index in [1.807, 2.05) is 18.2 Å². The average molecular weight is 355 g/mol. The Morgan fingerprint density at radius 1 is 1.40 bits per heavy atom. The van der Waals surface area contributed by atoms with Crippen molar-refractivity contribution in [1.82, 2.24) is 5.43 Å². The fourth-order valence-corrected chi connectivity index (χ4v) is 2.58. The molecule has 126 valence electrons. The molecule has 0 amide bonds. The van der Waals surface area contributed by atoms with Crippen molar-refractivity contribution in [2.45, 2.75) is 13.3 Å². The van der Waals surface area contributed by atoms with Gasteiger partial charge in [-0.25, -0.2) is 0 Å². The number of nitrogens with one attached hydrogen (secondary N) is 1. The van der Waals surface area contributed by atoms with E-state index in [1.54, 1.807) is 31.2 Å². The summed E-state index contributed by atoms with van der Waals surface area (Å²) in [5.74, 6) is 0.187. The Labute approximate surface area is 149 Å². The molecule has 5 nitrogen and oxygen atoms in total. The lowest BCUT2D eigenvalue weighted by molar-refractivity contribution is -0.145. The number of furan rings is 1. The maximum Gasteiger partial charge on any atom is 0.316 e. The number of aliphatic carboxylic acids is 1. The molecule has 0 fully saturated rings. The van der Waals surface area contributed by atoms with Gasteiger partial charge in [0.25, 0.3) is 0 Å². The van der Waals surface area contributed by atoms with Crippen LogP contribution < -0.4 is 5.43 Å². The number of carboxylic acid groups (broad SMARTS) is 1. The van der Waals surface area contributed by atoms with E-state index in [4.69, 9.17) is 16.0 Å². The SMILES string of the molecule is CC1(C(=O)O)CC=C=C=C1N/N=C/c1ccc(-c2ccccc2Cl)o1. The van der Waals surface area contributed by atoms with E-state index in [0.29, 0.717) is 28.7 Å². The van der Waals surface area contributed by atoms with Gasteiger partial charge in [0.1, 0.15) is 22.6 Å². The van der Waals surface area contributed by atoms with Crippen LogP contribution in [0.3, 0.4) is 0 Å². The molecular formula is C19H15ClN2O3. The Hall–Kier alpha value is -2.97. The Kier molecular flexibility index (Phi) is 4.64. The molecule has 3 rings (SSSR count). The van der Waals surface area contributed by atoms with Crippen molar-refractivity contribution in [3.63, 3.8) is 0 Å². The summed E-state index contributed by atoms with van der Waals surface area (Å²) in [5, 5.41) is 14.1. The summed E-state index contributed by atoms with van der Waals surface area (Å²) >= 11 is 6.15. The highest BCUT2D eigenvalue weighted by Crippen LogP contribution is 2.31. The van der Waals surface area contributed by atoms with Crippen molar-refractivity contribution < 1.29 is 14.3 Å². The van der Waals surface area contributed by atoms with Crippen LogP contribution in [0, 0.1) is 5.41 Å². The first kappa shape index (κ1) is 16.9. The van der Waals surface area contributed by atoms with Crippen LogP contribution in [0.25, 0.3) is 11.3 Å². The minimum Gasteiger partial charge on any atom is -0.481 e. The van der Waals surface area contributed by atoms with Crippen molar-refractivity contribution in [2.75, 3.05) is 0 Å². The number of carboxylic acids is 1. The quantitative estimate of drug-likeness (QED) is 0.479. The maximum absolute atomic E-state index is 11.5. The lowest BCUT2D eigenvalue weighted by atomic mass is 9.82. The van der Waals surface area contributed by atoms with Gasteiger partial charge in [0.05, 0.1) is 11.2 Å². The van der Waals surface area contributed by atoms with Gasteiger partial charge >= 0.3 is 5.97 Å². The molecule has 0 saturated heterocycles. The Morgan fingerprint density at radius 3 is 2.96 bits per heavy atom. The van der Waals surface area contributed by atoms with Crippen molar-refractivity contribution in [1.29, 1.82) is 0 Å². The second-order valence-electron chi connectivity index (χ2n) is 5.74. The van der Waals surface area contributed by atoms with E-state index < -0.39 is 11.4 Å². The zero-order valence-electron chi connectivity index (χ0n) is 13.4. The highest BCUT2D eigenvalue weighted by atomic mass is 35.5. The summed E-state index contributed by atoms with van der Waals surface area (Å²) in [7, 11) is 0. The van der Waals surface area contributed by atoms with E-state index in [9.17, 15) is 9.90 Å². The topological polar surface area (TPSA) is 74.8 Å². The van der Waals surface area contributed by atoms with Gasteiger partial charge in [-0.2, -0.15) is 5.10 Å². The number of hydrazone groups is 1. The molecule has 0 saturated carbocycles. The summed E-state index contributed by atoms with van der Waals surface area (Å²) in [6, 6.07) is 10.9. The molecule has 0 aliphatic heterocycles. The number of allylic oxidation sites excluding steroid dienone is 1. The zero-order chi connectivity index (χ0) is 17.9. The van der Waals surface area contributed by atoms with Gasteiger partial charge < -0.3 is 9.52 Å². The predicted octanol–water partition coefficient (Wildman–Crippen LogP) is 4.21. The molecule has 1 aromatic carbocycles. The zero-order valence-corrected chi connectivity index (χ0v) is 14.2. The van der Waals surface area contributed by atoms with Crippen molar-refractivity contribution in [2.24, 2.45) is 10.5 Å². The van der Waals surface area contributed by atoms with Crippen LogP contribution in [0.15, 0.2) is 69.2 Å². The minimum absolute atomic E-state index is 0.324. The molecule has 6 heteroatoms. The van der Waals surface area contributed by atoms with Crippen molar-refractivity contribution in [3.8, 4) is 11.3 Å². The van der Waals surface area contributed by atoms with E-state index in [-0.39, 0.29) is 0 Å². The maximum atomic E-state index is 11.5. The molecule has 1 heterocycles. The van der Waals surface area contributed by atoms with Gasteiger partial charge in [-0.15, -0.1) is 0 Å². The van der Waals surface area contributed by atoms with Crippen LogP contribution in [0.5, 0.6) is 0 Å². The third-order valence-electron chi connectivity index (χ3n) is 3.97. The number of hydrogen-bond acceptors (Lipinski definition) is 4. The van der Waals surface area contributed by atoms with E-state index in [1.165, 1.54) is 6.21 Å². The van der Waals surface area contributed by atoms with E-state index in [2.05, 4.69) is 22.0 Å². The molecule has 1 aliphatic carbocycles. The summed E-state index contributed by atoms with van der Waals surface area (Å²) in [6.07, 6.45) is 3.44. The van der Waals surface area contributed by atoms with Gasteiger partial charge in [0.2, 0.25) is 0 Å². The molecular weight excluding hydrogens is 340 g/mol. The molecule has 2 N–H and O–H groups in total. The summed E-state index contributed by atoms with van der Waals surface area (Å²) < 4.78 is 5.70. The number of benzene rings is 1. The molecule has 1 aliphatic rings. The van der Waals surface area contributed by atoms with Crippen LogP contribution in [0.1, 0.15) is 19.1 Å². The van der Waals surface area contributed by atoms with Gasteiger partial charge in [-0.3, -0.25) is 10.2 Å². The minimum atomic E-state index is -1.10. The van der Waals surface area contributed by atoms with Gasteiger partial charge in [-0.1, -0.05) is 29.5 Å². The summed E-state index contributed by atoms with van der Waals surface area (Å²) in [4.78, 5) is 11.5. The highest BCUT2D eigenvalue weighted by Gasteiger charge is 2.37. The molecule has 0 radical (unpaired) electrons. The molecule has 25 heavy (non-hydrogen) atoms.